The van der Waals surface area contributed by atoms with Gasteiger partial charge in [-0.1, -0.05) is 37.0 Å². The summed E-state index contributed by atoms with van der Waals surface area (Å²) < 4.78 is 2.14. The molecule has 0 atom stereocenters. The van der Waals surface area contributed by atoms with Crippen LogP contribution in [0.1, 0.15) is 19.7 Å². The van der Waals surface area contributed by atoms with Crippen LogP contribution in [0.25, 0.3) is 11.0 Å². The predicted molar refractivity (Wildman–Crippen MR) is 77.3 cm³/mol. The molecule has 0 amide bonds. The van der Waals surface area contributed by atoms with Gasteiger partial charge in [0, 0.05) is 19.5 Å². The fourth-order valence-corrected chi connectivity index (χ4v) is 2.39. The number of hydrogen-bond donors (Lipinski definition) is 1. The minimum absolute atomic E-state index is 0.540. The van der Waals surface area contributed by atoms with Gasteiger partial charge >= 0.3 is 0 Å². The van der Waals surface area contributed by atoms with Gasteiger partial charge in [0.2, 0.25) is 0 Å². The minimum atomic E-state index is 0.540. The SMILES string of the molecule is CC(C)Cc1nc2cc(Cl)c(Cl)cc2n1CCN. The van der Waals surface area contributed by atoms with Crippen molar-refractivity contribution in [2.75, 3.05) is 6.54 Å². The average molecular weight is 286 g/mol. The van der Waals surface area contributed by atoms with Gasteiger partial charge in [0.25, 0.3) is 0 Å². The van der Waals surface area contributed by atoms with Gasteiger partial charge in [0.1, 0.15) is 5.82 Å². The first kappa shape index (κ1) is 13.7. The number of halogens is 2. The van der Waals surface area contributed by atoms with E-state index in [1.165, 1.54) is 0 Å². The van der Waals surface area contributed by atoms with Gasteiger partial charge in [-0.3, -0.25) is 0 Å². The molecule has 2 N–H and O–H groups in total. The van der Waals surface area contributed by atoms with Crippen molar-refractivity contribution in [1.82, 2.24) is 9.55 Å². The number of nitrogens with two attached hydrogens (primary N) is 1. The van der Waals surface area contributed by atoms with Crippen molar-refractivity contribution in [1.29, 1.82) is 0 Å². The standard InChI is InChI=1S/C13H17Cl2N3/c1-8(2)5-13-17-11-6-9(14)10(15)7-12(11)18(13)4-3-16/h6-8H,3-5,16H2,1-2H3. The van der Waals surface area contributed by atoms with Crippen LogP contribution in [0.2, 0.25) is 10.0 Å². The Labute approximate surface area is 117 Å². The van der Waals surface area contributed by atoms with Gasteiger partial charge in [0.15, 0.2) is 0 Å². The molecule has 0 fully saturated rings. The first-order chi connectivity index (χ1) is 8.52. The molecule has 2 rings (SSSR count). The van der Waals surface area contributed by atoms with Crippen LogP contribution in [0.3, 0.4) is 0 Å². The molecule has 0 saturated heterocycles. The Morgan fingerprint density at radius 3 is 2.56 bits per heavy atom. The fraction of sp³-hybridized carbons (Fsp3) is 0.462. The summed E-state index contributed by atoms with van der Waals surface area (Å²) in [6, 6.07) is 3.68. The van der Waals surface area contributed by atoms with Crippen molar-refractivity contribution < 1.29 is 0 Å². The Morgan fingerprint density at radius 1 is 1.28 bits per heavy atom. The van der Waals surface area contributed by atoms with E-state index in [1.54, 1.807) is 0 Å². The van der Waals surface area contributed by atoms with Gasteiger partial charge in [-0.05, 0) is 18.1 Å². The summed E-state index contributed by atoms with van der Waals surface area (Å²) in [6.45, 7) is 5.67. The van der Waals surface area contributed by atoms with Crippen molar-refractivity contribution in [3.05, 3.63) is 28.0 Å². The molecular formula is C13H17Cl2N3. The van der Waals surface area contributed by atoms with Crippen LogP contribution in [0.5, 0.6) is 0 Å². The van der Waals surface area contributed by atoms with Crippen molar-refractivity contribution in [2.24, 2.45) is 11.7 Å². The second-order valence-electron chi connectivity index (χ2n) is 4.82. The predicted octanol–water partition coefficient (Wildman–Crippen LogP) is 3.50. The van der Waals surface area contributed by atoms with E-state index < -0.39 is 0 Å². The third kappa shape index (κ3) is 2.63. The zero-order valence-corrected chi connectivity index (χ0v) is 12.1. The summed E-state index contributed by atoms with van der Waals surface area (Å²) in [5.41, 5.74) is 7.56. The number of nitrogens with zero attached hydrogens (tertiary/aromatic N) is 2. The quantitative estimate of drug-likeness (QED) is 0.934. The lowest BCUT2D eigenvalue weighted by Crippen LogP contribution is -2.13. The Hall–Kier alpha value is -0.770. The molecule has 5 heteroatoms. The molecule has 0 bridgehead atoms. The molecule has 0 aliphatic rings. The summed E-state index contributed by atoms with van der Waals surface area (Å²) in [7, 11) is 0. The van der Waals surface area contributed by atoms with Gasteiger partial charge in [-0.25, -0.2) is 4.98 Å². The lowest BCUT2D eigenvalue weighted by Gasteiger charge is -2.09. The molecule has 2 aromatic rings. The highest BCUT2D eigenvalue weighted by Gasteiger charge is 2.13. The molecule has 0 aliphatic carbocycles. The highest BCUT2D eigenvalue weighted by Crippen LogP contribution is 2.28. The van der Waals surface area contributed by atoms with Crippen LogP contribution in [-0.4, -0.2) is 16.1 Å². The van der Waals surface area contributed by atoms with Crippen LogP contribution in [0.4, 0.5) is 0 Å². The molecule has 3 nitrogen and oxygen atoms in total. The summed E-state index contributed by atoms with van der Waals surface area (Å²) in [5.74, 6) is 1.59. The van der Waals surface area contributed by atoms with E-state index in [-0.39, 0.29) is 0 Å². The third-order valence-corrected chi connectivity index (χ3v) is 3.54. The fourth-order valence-electron chi connectivity index (χ4n) is 2.07. The zero-order chi connectivity index (χ0) is 13.3. The van der Waals surface area contributed by atoms with Crippen LogP contribution in [0.15, 0.2) is 12.1 Å². The van der Waals surface area contributed by atoms with Crippen LogP contribution < -0.4 is 5.73 Å². The first-order valence-corrected chi connectivity index (χ1v) is 6.82. The molecule has 1 aromatic carbocycles. The minimum Gasteiger partial charge on any atom is -0.329 e. The van der Waals surface area contributed by atoms with E-state index in [9.17, 15) is 0 Å². The van der Waals surface area contributed by atoms with Gasteiger partial charge in [-0.15, -0.1) is 0 Å². The number of hydrogen-bond acceptors (Lipinski definition) is 2. The molecule has 1 aromatic heterocycles. The smallest absolute Gasteiger partial charge is 0.110 e. The molecule has 0 saturated carbocycles. The van der Waals surface area contributed by atoms with Crippen molar-refractivity contribution >= 4 is 34.2 Å². The second kappa shape index (κ2) is 5.47. The highest BCUT2D eigenvalue weighted by molar-refractivity contribution is 6.42. The summed E-state index contributed by atoms with van der Waals surface area (Å²) in [4.78, 5) is 4.64. The number of benzene rings is 1. The number of fused-ring (bicyclic) bond motifs is 1. The number of imidazole rings is 1. The highest BCUT2D eigenvalue weighted by atomic mass is 35.5. The number of aromatic nitrogens is 2. The maximum absolute atomic E-state index is 6.07. The van der Waals surface area contributed by atoms with Gasteiger partial charge in [0.05, 0.1) is 21.1 Å². The Bertz CT molecular complexity index is 561. The molecule has 0 spiro atoms. The Balaban J connectivity index is 2.59. The molecule has 98 valence electrons. The summed E-state index contributed by atoms with van der Waals surface area (Å²) in [5, 5.41) is 1.09. The topological polar surface area (TPSA) is 43.8 Å². The van der Waals surface area contributed by atoms with Crippen LogP contribution in [0, 0.1) is 5.92 Å². The third-order valence-electron chi connectivity index (χ3n) is 2.81. The first-order valence-electron chi connectivity index (χ1n) is 6.07. The monoisotopic (exact) mass is 285 g/mol. The lowest BCUT2D eigenvalue weighted by molar-refractivity contribution is 0.581. The normalized spacial score (nSPS) is 11.7. The Morgan fingerprint density at radius 2 is 1.94 bits per heavy atom. The molecule has 18 heavy (non-hydrogen) atoms. The summed E-state index contributed by atoms with van der Waals surface area (Å²) in [6.07, 6.45) is 0.921. The molecule has 1 heterocycles. The molecule has 0 aliphatic heterocycles. The molecule has 0 radical (unpaired) electrons. The van der Waals surface area contributed by atoms with E-state index in [0.29, 0.717) is 22.5 Å². The zero-order valence-electron chi connectivity index (χ0n) is 10.6. The van der Waals surface area contributed by atoms with Crippen LogP contribution in [-0.2, 0) is 13.0 Å². The van der Waals surface area contributed by atoms with E-state index in [1.807, 2.05) is 12.1 Å². The maximum atomic E-state index is 6.07. The van der Waals surface area contributed by atoms with Crippen molar-refractivity contribution in [2.45, 2.75) is 26.8 Å². The maximum Gasteiger partial charge on any atom is 0.110 e. The largest absolute Gasteiger partial charge is 0.329 e. The van der Waals surface area contributed by atoms with E-state index >= 15 is 0 Å². The van der Waals surface area contributed by atoms with Crippen molar-refractivity contribution in [3.63, 3.8) is 0 Å². The lowest BCUT2D eigenvalue weighted by atomic mass is 10.1. The van der Waals surface area contributed by atoms with Crippen molar-refractivity contribution in [3.8, 4) is 0 Å². The molecular weight excluding hydrogens is 269 g/mol. The summed E-state index contributed by atoms with van der Waals surface area (Å²) >= 11 is 12.1. The van der Waals surface area contributed by atoms with E-state index in [2.05, 4.69) is 23.4 Å². The van der Waals surface area contributed by atoms with E-state index in [4.69, 9.17) is 28.9 Å². The average Bonchev–Trinajstić information content (AvgIpc) is 2.58. The second-order valence-corrected chi connectivity index (χ2v) is 5.64. The Kier molecular flexibility index (Phi) is 4.15. The van der Waals surface area contributed by atoms with Gasteiger partial charge in [-0.2, -0.15) is 0 Å². The van der Waals surface area contributed by atoms with Gasteiger partial charge < -0.3 is 10.3 Å². The molecule has 0 unspecified atom stereocenters. The van der Waals surface area contributed by atoms with E-state index in [0.717, 1.165) is 29.8 Å². The van der Waals surface area contributed by atoms with Crippen LogP contribution >= 0.6 is 23.2 Å². The number of rotatable bonds is 4.